The van der Waals surface area contributed by atoms with E-state index in [1.807, 2.05) is 0 Å². The number of pyridine rings is 1. The topological polar surface area (TPSA) is 48.1 Å². The average Bonchev–Trinajstić information content (AvgIpc) is 2.79. The Kier molecular flexibility index (Phi) is 1.81. The molecule has 64 valence electrons. The Morgan fingerprint density at radius 1 is 1.58 bits per heavy atom. The number of ether oxygens (including phenoxy) is 1. The van der Waals surface area contributed by atoms with Crippen LogP contribution in [0, 0.1) is 0 Å². The average molecular weight is 185 g/mol. The SMILES string of the molecule is Nc1cc(Cl)c(OC2CC2)cn1. The van der Waals surface area contributed by atoms with Gasteiger partial charge >= 0.3 is 0 Å². The van der Waals surface area contributed by atoms with Crippen molar-refractivity contribution in [3.8, 4) is 5.75 Å². The van der Waals surface area contributed by atoms with Crippen molar-refractivity contribution in [2.75, 3.05) is 5.73 Å². The molecule has 1 heterocycles. The molecule has 2 rings (SSSR count). The molecule has 0 aromatic carbocycles. The van der Waals surface area contributed by atoms with E-state index in [1.165, 1.54) is 0 Å². The molecular formula is C8H9ClN2O. The van der Waals surface area contributed by atoms with Crippen LogP contribution < -0.4 is 10.5 Å². The number of hydrogen-bond donors (Lipinski definition) is 1. The standard InChI is InChI=1S/C8H9ClN2O/c9-6-3-8(10)11-4-7(6)12-5-1-2-5/h3-5H,1-2H2,(H2,10,11). The molecule has 1 aliphatic rings. The first kappa shape index (κ1) is 7.68. The van der Waals surface area contributed by atoms with E-state index >= 15 is 0 Å². The molecule has 0 spiro atoms. The Bertz CT molecular complexity index is 299. The predicted molar refractivity (Wildman–Crippen MR) is 47.3 cm³/mol. The molecule has 1 saturated carbocycles. The predicted octanol–water partition coefficient (Wildman–Crippen LogP) is 1.86. The summed E-state index contributed by atoms with van der Waals surface area (Å²) >= 11 is 5.86. The van der Waals surface area contributed by atoms with Gasteiger partial charge in [-0.05, 0) is 12.8 Å². The van der Waals surface area contributed by atoms with Gasteiger partial charge in [0.05, 0.1) is 17.3 Å². The van der Waals surface area contributed by atoms with Crippen molar-refractivity contribution >= 4 is 17.4 Å². The van der Waals surface area contributed by atoms with Crippen LogP contribution in [0.1, 0.15) is 12.8 Å². The highest BCUT2D eigenvalue weighted by Gasteiger charge is 2.24. The monoisotopic (exact) mass is 184 g/mol. The largest absolute Gasteiger partial charge is 0.487 e. The fraction of sp³-hybridized carbons (Fsp3) is 0.375. The van der Waals surface area contributed by atoms with E-state index in [-0.39, 0.29) is 0 Å². The third-order valence-corrected chi connectivity index (χ3v) is 1.95. The minimum absolute atomic E-state index is 0.341. The molecule has 1 aliphatic carbocycles. The summed E-state index contributed by atoms with van der Waals surface area (Å²) in [6.07, 6.45) is 4.13. The number of rotatable bonds is 2. The van der Waals surface area contributed by atoms with Gasteiger partial charge in [-0.15, -0.1) is 0 Å². The van der Waals surface area contributed by atoms with Crippen LogP contribution in [0.15, 0.2) is 12.3 Å². The Morgan fingerprint density at radius 3 is 2.92 bits per heavy atom. The first-order valence-corrected chi connectivity index (χ1v) is 4.21. The van der Waals surface area contributed by atoms with Crippen LogP contribution in [-0.2, 0) is 0 Å². The normalized spacial score (nSPS) is 16.1. The smallest absolute Gasteiger partial charge is 0.156 e. The molecule has 0 saturated heterocycles. The molecule has 0 radical (unpaired) electrons. The number of nitrogens with zero attached hydrogens (tertiary/aromatic N) is 1. The summed E-state index contributed by atoms with van der Waals surface area (Å²) in [5.41, 5.74) is 5.42. The van der Waals surface area contributed by atoms with Crippen LogP contribution in [0.4, 0.5) is 5.82 Å². The van der Waals surface area contributed by atoms with Gasteiger partial charge in [0.15, 0.2) is 5.75 Å². The second-order valence-corrected chi connectivity index (χ2v) is 3.26. The number of aromatic nitrogens is 1. The van der Waals surface area contributed by atoms with Crippen molar-refractivity contribution < 1.29 is 4.74 Å². The first-order valence-electron chi connectivity index (χ1n) is 3.83. The lowest BCUT2D eigenvalue weighted by Gasteiger charge is -2.05. The molecule has 3 nitrogen and oxygen atoms in total. The molecule has 0 atom stereocenters. The van der Waals surface area contributed by atoms with Gasteiger partial charge in [0.25, 0.3) is 0 Å². The fourth-order valence-electron chi connectivity index (χ4n) is 0.885. The lowest BCUT2D eigenvalue weighted by molar-refractivity contribution is 0.302. The van der Waals surface area contributed by atoms with Crippen LogP contribution in [0.3, 0.4) is 0 Å². The minimum Gasteiger partial charge on any atom is -0.487 e. The van der Waals surface area contributed by atoms with E-state index in [0.717, 1.165) is 12.8 Å². The minimum atomic E-state index is 0.341. The molecule has 0 aliphatic heterocycles. The molecule has 1 aromatic rings. The molecule has 1 fully saturated rings. The Labute approximate surface area is 75.5 Å². The highest BCUT2D eigenvalue weighted by molar-refractivity contribution is 6.32. The van der Waals surface area contributed by atoms with Gasteiger partial charge in [-0.3, -0.25) is 0 Å². The maximum absolute atomic E-state index is 5.86. The Morgan fingerprint density at radius 2 is 2.33 bits per heavy atom. The zero-order valence-corrected chi connectivity index (χ0v) is 7.21. The van der Waals surface area contributed by atoms with Crippen molar-refractivity contribution in [1.29, 1.82) is 0 Å². The number of halogens is 1. The fourth-order valence-corrected chi connectivity index (χ4v) is 1.09. The Balaban J connectivity index is 2.18. The van der Waals surface area contributed by atoms with E-state index < -0.39 is 0 Å². The second kappa shape index (κ2) is 2.83. The lowest BCUT2D eigenvalue weighted by atomic mass is 10.4. The van der Waals surface area contributed by atoms with Crippen molar-refractivity contribution in [2.24, 2.45) is 0 Å². The molecule has 0 amide bonds. The summed E-state index contributed by atoms with van der Waals surface area (Å²) in [6.45, 7) is 0. The Hall–Kier alpha value is -0.960. The molecule has 0 unspecified atom stereocenters. The molecule has 0 bridgehead atoms. The van der Waals surface area contributed by atoms with Crippen molar-refractivity contribution in [2.45, 2.75) is 18.9 Å². The molecule has 12 heavy (non-hydrogen) atoms. The molecule has 2 N–H and O–H groups in total. The highest BCUT2D eigenvalue weighted by atomic mass is 35.5. The molecule has 4 heteroatoms. The van der Waals surface area contributed by atoms with Gasteiger partial charge in [-0.2, -0.15) is 0 Å². The van der Waals surface area contributed by atoms with Crippen molar-refractivity contribution in [3.63, 3.8) is 0 Å². The van der Waals surface area contributed by atoms with E-state index in [9.17, 15) is 0 Å². The summed E-state index contributed by atoms with van der Waals surface area (Å²) in [7, 11) is 0. The van der Waals surface area contributed by atoms with E-state index in [4.69, 9.17) is 22.1 Å². The van der Waals surface area contributed by atoms with Gasteiger partial charge in [0.2, 0.25) is 0 Å². The van der Waals surface area contributed by atoms with Crippen molar-refractivity contribution in [1.82, 2.24) is 4.98 Å². The third-order valence-electron chi connectivity index (χ3n) is 1.66. The zero-order chi connectivity index (χ0) is 8.55. The molecular weight excluding hydrogens is 176 g/mol. The van der Waals surface area contributed by atoms with Crippen LogP contribution in [-0.4, -0.2) is 11.1 Å². The summed E-state index contributed by atoms with van der Waals surface area (Å²) in [5, 5.41) is 0.536. The van der Waals surface area contributed by atoms with Gasteiger partial charge in [0.1, 0.15) is 5.82 Å². The van der Waals surface area contributed by atoms with Crippen molar-refractivity contribution in [3.05, 3.63) is 17.3 Å². The lowest BCUT2D eigenvalue weighted by Crippen LogP contribution is -1.98. The van der Waals surface area contributed by atoms with Gasteiger partial charge in [0, 0.05) is 6.07 Å². The van der Waals surface area contributed by atoms with Crippen LogP contribution in [0.2, 0.25) is 5.02 Å². The van der Waals surface area contributed by atoms with Crippen LogP contribution in [0.5, 0.6) is 5.75 Å². The van der Waals surface area contributed by atoms with E-state index in [2.05, 4.69) is 4.98 Å². The van der Waals surface area contributed by atoms with Crippen LogP contribution >= 0.6 is 11.6 Å². The summed E-state index contributed by atoms with van der Waals surface area (Å²) < 4.78 is 5.46. The summed E-state index contributed by atoms with van der Waals surface area (Å²) in [5.74, 6) is 1.05. The first-order chi connectivity index (χ1) is 5.75. The highest BCUT2D eigenvalue weighted by Crippen LogP contribution is 2.31. The van der Waals surface area contributed by atoms with E-state index in [1.54, 1.807) is 12.3 Å². The number of nitrogens with two attached hydrogens (primary N) is 1. The van der Waals surface area contributed by atoms with Crippen LogP contribution in [0.25, 0.3) is 0 Å². The number of hydrogen-bond acceptors (Lipinski definition) is 3. The zero-order valence-electron chi connectivity index (χ0n) is 6.46. The number of anilines is 1. The summed E-state index contributed by atoms with van der Waals surface area (Å²) in [6, 6.07) is 1.60. The summed E-state index contributed by atoms with van der Waals surface area (Å²) in [4.78, 5) is 3.89. The third kappa shape index (κ3) is 1.61. The molecule has 1 aromatic heterocycles. The quantitative estimate of drug-likeness (QED) is 0.763. The number of nitrogen functional groups attached to an aromatic ring is 1. The van der Waals surface area contributed by atoms with E-state index in [0.29, 0.717) is 22.7 Å². The van der Waals surface area contributed by atoms with Gasteiger partial charge < -0.3 is 10.5 Å². The van der Waals surface area contributed by atoms with Gasteiger partial charge in [-0.1, -0.05) is 11.6 Å². The second-order valence-electron chi connectivity index (χ2n) is 2.86. The van der Waals surface area contributed by atoms with Gasteiger partial charge in [-0.25, -0.2) is 4.98 Å². The maximum atomic E-state index is 5.86. The maximum Gasteiger partial charge on any atom is 0.156 e.